The normalized spacial score (nSPS) is 11.9. The Hall–Kier alpha value is -6.11. The first kappa shape index (κ1) is 30.0. The second-order valence-corrected chi connectivity index (χ2v) is 18.8. The number of aromatic nitrogens is 3. The van der Waals surface area contributed by atoms with Gasteiger partial charge in [0.2, 0.25) is 0 Å². The first-order valence-corrected chi connectivity index (χ1v) is 20.3. The van der Waals surface area contributed by atoms with Crippen molar-refractivity contribution >= 4 is 46.2 Å². The average molecular weight is 664 g/mol. The van der Waals surface area contributed by atoms with Crippen molar-refractivity contribution < 1.29 is 8.83 Å². The van der Waals surface area contributed by atoms with Crippen molar-refractivity contribution in [3.63, 3.8) is 0 Å². The summed E-state index contributed by atoms with van der Waals surface area (Å²) in [5.74, 6) is 2.13. The highest BCUT2D eigenvalue weighted by Crippen LogP contribution is 2.36. The van der Waals surface area contributed by atoms with Crippen molar-refractivity contribution in [2.24, 2.45) is 0 Å². The number of rotatable bonds is 6. The molecule has 9 aromatic rings. The van der Waals surface area contributed by atoms with E-state index in [9.17, 15) is 0 Å². The maximum Gasteiger partial charge on any atom is 0.199 e. The zero-order chi connectivity index (χ0) is 33.8. The smallest absolute Gasteiger partial charge is 0.199 e. The fraction of sp³-hybridized carbons (Fsp3) is 0.0682. The Labute approximate surface area is 290 Å². The molecule has 0 aliphatic carbocycles. The molecule has 0 saturated carbocycles. The molecular weight excluding hydrogens is 631 g/mol. The Bertz CT molecular complexity index is 2670. The Morgan fingerprint density at radius 2 is 1.06 bits per heavy atom. The molecule has 0 radical (unpaired) electrons. The molecule has 3 heterocycles. The van der Waals surface area contributed by atoms with Crippen LogP contribution in [0.1, 0.15) is 0 Å². The third-order valence-corrected chi connectivity index (χ3v) is 11.4. The quantitative estimate of drug-likeness (QED) is 0.166. The van der Waals surface area contributed by atoms with Crippen LogP contribution in [0, 0.1) is 0 Å². The Morgan fingerprint density at radius 3 is 1.86 bits per heavy atom. The zero-order valence-corrected chi connectivity index (χ0v) is 29.0. The van der Waals surface area contributed by atoms with Crippen molar-refractivity contribution in [2.75, 3.05) is 0 Å². The lowest BCUT2D eigenvalue weighted by molar-refractivity contribution is 0.624. The van der Waals surface area contributed by atoms with E-state index < -0.39 is 8.07 Å². The second-order valence-electron chi connectivity index (χ2n) is 13.7. The van der Waals surface area contributed by atoms with Crippen molar-refractivity contribution in [3.8, 4) is 56.6 Å². The van der Waals surface area contributed by atoms with Crippen LogP contribution in [-0.2, 0) is 0 Å². The van der Waals surface area contributed by atoms with Crippen LogP contribution in [0.25, 0.3) is 89.5 Å². The van der Waals surface area contributed by atoms with Crippen molar-refractivity contribution in [3.05, 3.63) is 146 Å². The molecular formula is C44H33N3O2Si. The van der Waals surface area contributed by atoms with Crippen LogP contribution >= 0.6 is 0 Å². The van der Waals surface area contributed by atoms with Crippen LogP contribution in [0.5, 0.6) is 0 Å². The topological polar surface area (TPSA) is 65.0 Å². The third kappa shape index (κ3) is 5.40. The molecule has 0 bridgehead atoms. The molecule has 5 nitrogen and oxygen atoms in total. The van der Waals surface area contributed by atoms with E-state index in [1.807, 2.05) is 60.7 Å². The minimum absolute atomic E-state index is 0.464. The summed E-state index contributed by atoms with van der Waals surface area (Å²) in [6, 6.07) is 50.3. The summed E-state index contributed by atoms with van der Waals surface area (Å²) in [5, 5.41) is 4.52. The van der Waals surface area contributed by atoms with Crippen molar-refractivity contribution in [2.45, 2.75) is 19.6 Å². The van der Waals surface area contributed by atoms with Gasteiger partial charge in [-0.1, -0.05) is 140 Å². The van der Waals surface area contributed by atoms with Gasteiger partial charge in [-0.05, 0) is 52.6 Å². The van der Waals surface area contributed by atoms with Crippen LogP contribution in [0.3, 0.4) is 0 Å². The van der Waals surface area contributed by atoms with E-state index in [2.05, 4.69) is 105 Å². The summed E-state index contributed by atoms with van der Waals surface area (Å²) >= 11 is 0. The Kier molecular flexibility index (Phi) is 7.07. The predicted molar refractivity (Wildman–Crippen MR) is 207 cm³/mol. The lowest BCUT2D eigenvalue weighted by atomic mass is 9.98. The third-order valence-electron chi connectivity index (χ3n) is 9.33. The molecule has 0 amide bonds. The fourth-order valence-electron chi connectivity index (χ4n) is 6.61. The summed E-state index contributed by atoms with van der Waals surface area (Å²) < 4.78 is 12.6. The van der Waals surface area contributed by atoms with E-state index in [1.165, 1.54) is 16.3 Å². The lowest BCUT2D eigenvalue weighted by Gasteiger charge is -2.17. The molecule has 0 unspecified atom stereocenters. The highest BCUT2D eigenvalue weighted by atomic mass is 28.3. The van der Waals surface area contributed by atoms with Crippen LogP contribution in [0.2, 0.25) is 19.6 Å². The van der Waals surface area contributed by atoms with E-state index in [-0.39, 0.29) is 0 Å². The van der Waals surface area contributed by atoms with Gasteiger partial charge < -0.3 is 8.83 Å². The first-order chi connectivity index (χ1) is 24.4. The monoisotopic (exact) mass is 663 g/mol. The van der Waals surface area contributed by atoms with Gasteiger partial charge in [0.15, 0.2) is 23.2 Å². The van der Waals surface area contributed by atoms with Crippen LogP contribution in [0.4, 0.5) is 0 Å². The summed E-state index contributed by atoms with van der Waals surface area (Å²) in [6.45, 7) is 7.16. The molecule has 240 valence electrons. The van der Waals surface area contributed by atoms with Gasteiger partial charge in [0.1, 0.15) is 16.7 Å². The number of benzene rings is 6. The van der Waals surface area contributed by atoms with Gasteiger partial charge in [0, 0.05) is 21.7 Å². The molecule has 0 fully saturated rings. The summed E-state index contributed by atoms with van der Waals surface area (Å²) in [4.78, 5) is 15.0. The average Bonchev–Trinajstić information content (AvgIpc) is 3.77. The van der Waals surface area contributed by atoms with Gasteiger partial charge in [0.25, 0.3) is 0 Å². The minimum atomic E-state index is -1.42. The highest BCUT2D eigenvalue weighted by molar-refractivity contribution is 6.88. The Balaban J connectivity index is 1.14. The summed E-state index contributed by atoms with van der Waals surface area (Å²) in [6.07, 6.45) is 0. The molecule has 6 aromatic carbocycles. The van der Waals surface area contributed by atoms with Crippen LogP contribution < -0.4 is 5.19 Å². The molecule has 0 atom stereocenters. The SMILES string of the molecule is C[Si](C)(C)c1cccc(-c2cccc(-c3ccc(-c4nc(-c5cc6ccccc6o5)nc(-c5cccc6c5oc5ccccc56)n4)cc3)c2)c1. The minimum Gasteiger partial charge on any atom is -0.455 e. The molecule has 0 aliphatic heterocycles. The largest absolute Gasteiger partial charge is 0.455 e. The number of fused-ring (bicyclic) bond motifs is 4. The molecule has 50 heavy (non-hydrogen) atoms. The molecule has 9 rings (SSSR count). The molecule has 3 aromatic heterocycles. The summed E-state index contributed by atoms with van der Waals surface area (Å²) in [5.41, 5.74) is 8.76. The van der Waals surface area contributed by atoms with E-state index in [4.69, 9.17) is 23.8 Å². The zero-order valence-electron chi connectivity index (χ0n) is 28.0. The van der Waals surface area contributed by atoms with E-state index in [1.54, 1.807) is 0 Å². The van der Waals surface area contributed by atoms with Gasteiger partial charge in [-0.15, -0.1) is 0 Å². The van der Waals surface area contributed by atoms with E-state index in [0.29, 0.717) is 23.2 Å². The fourth-order valence-corrected chi connectivity index (χ4v) is 7.79. The standard InChI is InChI=1S/C44H33N3O2Si/c1-50(2,3)34-15-9-14-32(26-34)31-13-8-12-30(25-31)28-21-23-29(24-22-28)42-45-43(47-44(46-42)40-27-33-11-4-6-19-38(33)48-40)37-18-10-17-36-35-16-5-7-20-39(35)49-41(36)37/h4-27H,1-3H3. The maximum atomic E-state index is 6.38. The second kappa shape index (κ2) is 11.8. The molecule has 0 spiro atoms. The van der Waals surface area contributed by atoms with Gasteiger partial charge in [-0.25, -0.2) is 15.0 Å². The van der Waals surface area contributed by atoms with Gasteiger partial charge in [0.05, 0.1) is 13.6 Å². The lowest BCUT2D eigenvalue weighted by Crippen LogP contribution is -2.37. The van der Waals surface area contributed by atoms with Crippen LogP contribution in [0.15, 0.2) is 154 Å². The van der Waals surface area contributed by atoms with E-state index >= 15 is 0 Å². The molecule has 0 N–H and O–H groups in total. The molecule has 0 aliphatic rings. The number of nitrogens with zero attached hydrogens (tertiary/aromatic N) is 3. The number of hydrogen-bond donors (Lipinski definition) is 0. The number of para-hydroxylation sites is 3. The molecule has 0 saturated heterocycles. The van der Waals surface area contributed by atoms with Crippen LogP contribution in [-0.4, -0.2) is 23.0 Å². The maximum absolute atomic E-state index is 6.38. The highest BCUT2D eigenvalue weighted by Gasteiger charge is 2.20. The number of furan rings is 2. The Morgan fingerprint density at radius 1 is 0.440 bits per heavy atom. The van der Waals surface area contributed by atoms with Gasteiger partial charge in [-0.2, -0.15) is 0 Å². The van der Waals surface area contributed by atoms with Crippen molar-refractivity contribution in [1.82, 2.24) is 15.0 Å². The number of hydrogen-bond acceptors (Lipinski definition) is 5. The van der Waals surface area contributed by atoms with Gasteiger partial charge in [-0.3, -0.25) is 0 Å². The van der Waals surface area contributed by atoms with Crippen molar-refractivity contribution in [1.29, 1.82) is 0 Å². The molecule has 6 heteroatoms. The van der Waals surface area contributed by atoms with Gasteiger partial charge >= 0.3 is 0 Å². The first-order valence-electron chi connectivity index (χ1n) is 16.8. The van der Waals surface area contributed by atoms with E-state index in [0.717, 1.165) is 55.2 Å². The predicted octanol–water partition coefficient (Wildman–Crippen LogP) is 11.4. The summed E-state index contributed by atoms with van der Waals surface area (Å²) in [7, 11) is -1.42.